The Balaban J connectivity index is 1.31. The smallest absolute Gasteiger partial charge is 0.160 e. The summed E-state index contributed by atoms with van der Waals surface area (Å²) in [5.41, 5.74) is 12.7. The lowest BCUT2D eigenvalue weighted by Crippen LogP contribution is -2.14. The number of nitrogens with zero attached hydrogens (tertiary/aromatic N) is 3. The van der Waals surface area contributed by atoms with Gasteiger partial charge >= 0.3 is 0 Å². The number of hydrogen-bond donors (Lipinski definition) is 0. The topological polar surface area (TPSA) is 38.7 Å². The van der Waals surface area contributed by atoms with Crippen molar-refractivity contribution in [2.45, 2.75) is 19.3 Å². The first-order valence-electron chi connectivity index (χ1n) is 14.7. The molecule has 7 aromatic rings. The summed E-state index contributed by atoms with van der Waals surface area (Å²) in [5, 5.41) is 2.37. The van der Waals surface area contributed by atoms with E-state index in [0.29, 0.717) is 5.82 Å². The minimum Gasteiger partial charge on any atom is -0.265 e. The Hall–Kier alpha value is -5.41. The Kier molecular flexibility index (Phi) is 5.80. The van der Waals surface area contributed by atoms with Crippen LogP contribution in [0.4, 0.5) is 0 Å². The van der Waals surface area contributed by atoms with Crippen LogP contribution in [0.3, 0.4) is 0 Å². The SMILES string of the molecule is CC1(C)c2ccccc2-c2cc(-c3ccc(-c4cc(-c5ccncc5)nc(-c5ccccc5)n4)c4ccccc34)ccc21. The zero-order valence-corrected chi connectivity index (χ0v) is 24.1. The van der Waals surface area contributed by atoms with Crippen LogP contribution >= 0.6 is 0 Å². The van der Waals surface area contributed by atoms with Gasteiger partial charge in [-0.2, -0.15) is 0 Å². The van der Waals surface area contributed by atoms with Crippen molar-refractivity contribution < 1.29 is 0 Å². The Bertz CT molecular complexity index is 2090. The molecule has 0 fully saturated rings. The largest absolute Gasteiger partial charge is 0.265 e. The molecule has 3 nitrogen and oxygen atoms in total. The van der Waals surface area contributed by atoms with Gasteiger partial charge < -0.3 is 0 Å². The number of aromatic nitrogens is 3. The van der Waals surface area contributed by atoms with Gasteiger partial charge in [0.1, 0.15) is 0 Å². The van der Waals surface area contributed by atoms with E-state index in [-0.39, 0.29) is 5.41 Å². The third-order valence-corrected chi connectivity index (χ3v) is 8.83. The predicted molar refractivity (Wildman–Crippen MR) is 177 cm³/mol. The van der Waals surface area contributed by atoms with Gasteiger partial charge in [0.25, 0.3) is 0 Å². The Labute approximate surface area is 251 Å². The first-order chi connectivity index (χ1) is 21.1. The highest BCUT2D eigenvalue weighted by Gasteiger charge is 2.35. The fourth-order valence-electron chi connectivity index (χ4n) is 6.63. The standard InChI is InChI=1S/C40H29N3/c1-40(2)35-15-9-8-14-32(35)34-24-28(16-19-36(34)40)29-17-18-33(31-13-7-6-12-30(29)31)38-25-37(26-20-22-41-23-21-26)42-39(43-38)27-10-4-3-5-11-27/h3-25H,1-2H3. The monoisotopic (exact) mass is 551 g/mol. The molecule has 0 atom stereocenters. The van der Waals surface area contributed by atoms with Crippen molar-refractivity contribution >= 4 is 10.8 Å². The number of benzene rings is 5. The van der Waals surface area contributed by atoms with Gasteiger partial charge in [0.05, 0.1) is 11.4 Å². The molecule has 0 spiro atoms. The highest BCUT2D eigenvalue weighted by atomic mass is 14.9. The van der Waals surface area contributed by atoms with Crippen LogP contribution in [-0.4, -0.2) is 15.0 Å². The Morgan fingerprint density at radius 2 is 1.09 bits per heavy atom. The van der Waals surface area contributed by atoms with Gasteiger partial charge in [0.2, 0.25) is 0 Å². The van der Waals surface area contributed by atoms with Crippen LogP contribution in [0.5, 0.6) is 0 Å². The van der Waals surface area contributed by atoms with E-state index in [1.165, 1.54) is 44.2 Å². The number of fused-ring (bicyclic) bond motifs is 4. The molecule has 1 aliphatic carbocycles. The summed E-state index contributed by atoms with van der Waals surface area (Å²) in [5.74, 6) is 0.706. The molecule has 3 heteroatoms. The van der Waals surface area contributed by atoms with Gasteiger partial charge in [-0.3, -0.25) is 4.98 Å². The molecule has 43 heavy (non-hydrogen) atoms. The van der Waals surface area contributed by atoms with E-state index in [1.54, 1.807) is 12.4 Å². The molecule has 0 radical (unpaired) electrons. The van der Waals surface area contributed by atoms with Crippen molar-refractivity contribution in [2.24, 2.45) is 0 Å². The molecule has 204 valence electrons. The van der Waals surface area contributed by atoms with E-state index >= 15 is 0 Å². The average molecular weight is 552 g/mol. The highest BCUT2D eigenvalue weighted by molar-refractivity contribution is 6.05. The van der Waals surface area contributed by atoms with Crippen LogP contribution in [0.1, 0.15) is 25.0 Å². The van der Waals surface area contributed by atoms with Gasteiger partial charge in [0, 0.05) is 34.5 Å². The maximum absolute atomic E-state index is 5.11. The lowest BCUT2D eigenvalue weighted by atomic mass is 9.82. The molecule has 0 N–H and O–H groups in total. The molecule has 0 bridgehead atoms. The van der Waals surface area contributed by atoms with Crippen LogP contribution in [0.2, 0.25) is 0 Å². The van der Waals surface area contributed by atoms with Gasteiger partial charge in [-0.1, -0.05) is 117 Å². The van der Waals surface area contributed by atoms with Crippen LogP contribution in [0, 0.1) is 0 Å². The second-order valence-electron chi connectivity index (χ2n) is 11.7. The van der Waals surface area contributed by atoms with E-state index < -0.39 is 0 Å². The van der Waals surface area contributed by atoms with Crippen LogP contribution < -0.4 is 0 Å². The first-order valence-corrected chi connectivity index (χ1v) is 14.7. The zero-order chi connectivity index (χ0) is 29.0. The fourth-order valence-corrected chi connectivity index (χ4v) is 6.63. The van der Waals surface area contributed by atoms with Gasteiger partial charge in [-0.15, -0.1) is 0 Å². The van der Waals surface area contributed by atoms with Crippen molar-refractivity contribution in [1.29, 1.82) is 0 Å². The molecule has 0 saturated heterocycles. The Morgan fingerprint density at radius 3 is 1.91 bits per heavy atom. The lowest BCUT2D eigenvalue weighted by Gasteiger charge is -2.21. The van der Waals surface area contributed by atoms with Gasteiger partial charge in [-0.25, -0.2) is 9.97 Å². The van der Waals surface area contributed by atoms with Crippen molar-refractivity contribution in [2.75, 3.05) is 0 Å². The molecule has 5 aromatic carbocycles. The lowest BCUT2D eigenvalue weighted by molar-refractivity contribution is 0.660. The van der Waals surface area contributed by atoms with E-state index in [9.17, 15) is 0 Å². The minimum atomic E-state index is -0.00756. The molecule has 1 aliphatic rings. The van der Waals surface area contributed by atoms with E-state index in [4.69, 9.17) is 9.97 Å². The number of pyridine rings is 1. The predicted octanol–water partition coefficient (Wildman–Crippen LogP) is 10.00. The zero-order valence-electron chi connectivity index (χ0n) is 24.1. The molecule has 0 saturated carbocycles. The van der Waals surface area contributed by atoms with Crippen molar-refractivity contribution in [1.82, 2.24) is 15.0 Å². The van der Waals surface area contributed by atoms with Crippen LogP contribution in [0.25, 0.3) is 66.9 Å². The van der Waals surface area contributed by atoms with Crippen molar-refractivity contribution in [3.8, 4) is 56.2 Å². The van der Waals surface area contributed by atoms with Gasteiger partial charge in [0.15, 0.2) is 5.82 Å². The summed E-state index contributed by atoms with van der Waals surface area (Å²) in [6.45, 7) is 4.65. The summed E-state index contributed by atoms with van der Waals surface area (Å²) in [4.78, 5) is 14.3. The molecular formula is C40H29N3. The maximum Gasteiger partial charge on any atom is 0.160 e. The van der Waals surface area contributed by atoms with Crippen molar-refractivity contribution in [3.05, 3.63) is 151 Å². The quantitative estimate of drug-likeness (QED) is 0.218. The number of hydrogen-bond acceptors (Lipinski definition) is 3. The maximum atomic E-state index is 5.11. The van der Waals surface area contributed by atoms with E-state index in [0.717, 1.165) is 28.1 Å². The fraction of sp³-hybridized carbons (Fsp3) is 0.0750. The van der Waals surface area contributed by atoms with Crippen molar-refractivity contribution in [3.63, 3.8) is 0 Å². The summed E-state index contributed by atoms with van der Waals surface area (Å²) in [7, 11) is 0. The molecule has 2 heterocycles. The van der Waals surface area contributed by atoms with Crippen LogP contribution in [0.15, 0.2) is 140 Å². The minimum absolute atomic E-state index is 0.00756. The average Bonchev–Trinajstić information content (AvgIpc) is 3.30. The summed E-state index contributed by atoms with van der Waals surface area (Å²) in [6, 6.07) is 45.2. The summed E-state index contributed by atoms with van der Waals surface area (Å²) < 4.78 is 0. The highest BCUT2D eigenvalue weighted by Crippen LogP contribution is 2.50. The molecule has 8 rings (SSSR count). The molecule has 0 amide bonds. The third kappa shape index (κ3) is 4.16. The normalized spacial score (nSPS) is 13.1. The molecule has 0 aliphatic heterocycles. The molecular weight excluding hydrogens is 522 g/mol. The summed E-state index contributed by atoms with van der Waals surface area (Å²) in [6.07, 6.45) is 3.61. The second-order valence-corrected chi connectivity index (χ2v) is 11.7. The Morgan fingerprint density at radius 1 is 0.442 bits per heavy atom. The third-order valence-electron chi connectivity index (χ3n) is 8.83. The second kappa shape index (κ2) is 9.85. The van der Waals surface area contributed by atoms with Gasteiger partial charge in [-0.05, 0) is 68.4 Å². The van der Waals surface area contributed by atoms with Crippen LogP contribution in [-0.2, 0) is 5.41 Å². The molecule has 0 unspecified atom stereocenters. The molecule has 2 aromatic heterocycles. The first kappa shape index (κ1) is 25.3. The van der Waals surface area contributed by atoms with E-state index in [1.807, 2.05) is 30.3 Å². The number of rotatable bonds is 4. The summed E-state index contributed by atoms with van der Waals surface area (Å²) >= 11 is 0. The van der Waals surface area contributed by atoms with E-state index in [2.05, 4.69) is 116 Å².